The van der Waals surface area contributed by atoms with Gasteiger partial charge in [-0.15, -0.1) is 0 Å². The molecule has 5 heteroatoms. The molecular weight excluding hydrogens is 302 g/mol. The van der Waals surface area contributed by atoms with Crippen LogP contribution in [0.4, 0.5) is 0 Å². The lowest BCUT2D eigenvalue weighted by Gasteiger charge is -2.12. The summed E-state index contributed by atoms with van der Waals surface area (Å²) < 4.78 is 2.04. The van der Waals surface area contributed by atoms with Gasteiger partial charge in [-0.1, -0.05) is 31.5 Å². The van der Waals surface area contributed by atoms with E-state index in [9.17, 15) is 0 Å². The Bertz CT molecular complexity index is 620. The molecule has 21 heavy (non-hydrogen) atoms. The van der Waals surface area contributed by atoms with Crippen LogP contribution in [0.25, 0.3) is 0 Å². The van der Waals surface area contributed by atoms with Crippen LogP contribution in [0.3, 0.4) is 0 Å². The molecule has 2 rings (SSSR count). The Kier molecular flexibility index (Phi) is 5.36. The van der Waals surface area contributed by atoms with E-state index >= 15 is 0 Å². The molecule has 114 valence electrons. The number of aromatic nitrogens is 2. The van der Waals surface area contributed by atoms with Crippen LogP contribution in [-0.2, 0) is 6.42 Å². The van der Waals surface area contributed by atoms with Gasteiger partial charge in [-0.25, -0.2) is 0 Å². The Morgan fingerprint density at radius 1 is 1.33 bits per heavy atom. The maximum absolute atomic E-state index is 6.38. The molecule has 0 saturated carbocycles. The third-order valence-electron chi connectivity index (χ3n) is 3.31. The molecule has 1 N–H and O–H groups in total. The second-order valence-corrected chi connectivity index (χ2v) is 7.47. The number of aromatic amines is 1. The number of halogens is 1. The third kappa shape index (κ3) is 4.02. The van der Waals surface area contributed by atoms with E-state index in [2.05, 4.69) is 49.2 Å². The number of hydrogen-bond donors (Lipinski definition) is 1. The van der Waals surface area contributed by atoms with Crippen molar-refractivity contribution in [2.45, 2.75) is 38.0 Å². The van der Waals surface area contributed by atoms with Gasteiger partial charge in [-0.05, 0) is 56.6 Å². The van der Waals surface area contributed by atoms with E-state index in [1.807, 2.05) is 18.4 Å². The van der Waals surface area contributed by atoms with Crippen molar-refractivity contribution in [3.8, 4) is 0 Å². The van der Waals surface area contributed by atoms with Crippen LogP contribution in [0.15, 0.2) is 23.1 Å². The van der Waals surface area contributed by atoms with E-state index in [1.165, 1.54) is 11.1 Å². The number of aryl methyl sites for hydroxylation is 1. The first-order valence-corrected chi connectivity index (χ1v) is 8.21. The minimum Gasteiger partial charge on any atom is -0.282 e. The predicted molar refractivity (Wildman–Crippen MR) is 91.2 cm³/mol. The van der Waals surface area contributed by atoms with Gasteiger partial charge >= 0.3 is 0 Å². The number of H-pyrrole nitrogens is 1. The molecule has 1 aromatic carbocycles. The van der Waals surface area contributed by atoms with Crippen LogP contribution in [0.1, 0.15) is 42.3 Å². The SMILES string of the molecule is Cc1[nH]nc(C(C)C)c1Cc1ccc(SN(C)C)c(Cl)c1. The summed E-state index contributed by atoms with van der Waals surface area (Å²) in [7, 11) is 4.03. The Hall–Kier alpha value is -0.970. The highest BCUT2D eigenvalue weighted by atomic mass is 35.5. The number of nitrogens with one attached hydrogen (secondary N) is 1. The van der Waals surface area contributed by atoms with Crippen molar-refractivity contribution in [1.82, 2.24) is 14.5 Å². The second-order valence-electron chi connectivity index (χ2n) is 5.71. The zero-order chi connectivity index (χ0) is 15.6. The minimum atomic E-state index is 0.420. The maximum Gasteiger partial charge on any atom is 0.0685 e. The van der Waals surface area contributed by atoms with Gasteiger partial charge in [-0.2, -0.15) is 5.10 Å². The fourth-order valence-electron chi connectivity index (χ4n) is 2.30. The fraction of sp³-hybridized carbons (Fsp3) is 0.438. The molecule has 1 aromatic heterocycles. The molecule has 0 radical (unpaired) electrons. The van der Waals surface area contributed by atoms with Gasteiger partial charge in [0.2, 0.25) is 0 Å². The first-order chi connectivity index (χ1) is 9.88. The van der Waals surface area contributed by atoms with Gasteiger partial charge in [-0.3, -0.25) is 9.40 Å². The second kappa shape index (κ2) is 6.86. The van der Waals surface area contributed by atoms with E-state index in [0.717, 1.165) is 27.7 Å². The molecule has 0 aliphatic rings. The molecule has 0 fully saturated rings. The first kappa shape index (κ1) is 16.4. The van der Waals surface area contributed by atoms with Gasteiger partial charge in [0.15, 0.2) is 0 Å². The summed E-state index contributed by atoms with van der Waals surface area (Å²) in [6, 6.07) is 6.30. The van der Waals surface area contributed by atoms with Gasteiger partial charge in [0.05, 0.1) is 10.7 Å². The van der Waals surface area contributed by atoms with Gasteiger partial charge in [0.1, 0.15) is 0 Å². The van der Waals surface area contributed by atoms with Gasteiger partial charge in [0.25, 0.3) is 0 Å². The highest BCUT2D eigenvalue weighted by Crippen LogP contribution is 2.30. The van der Waals surface area contributed by atoms with Crippen molar-refractivity contribution < 1.29 is 0 Å². The molecule has 0 aliphatic carbocycles. The Morgan fingerprint density at radius 3 is 2.62 bits per heavy atom. The van der Waals surface area contributed by atoms with E-state index in [-0.39, 0.29) is 0 Å². The topological polar surface area (TPSA) is 31.9 Å². The number of benzene rings is 1. The summed E-state index contributed by atoms with van der Waals surface area (Å²) in [5, 5.41) is 8.32. The summed E-state index contributed by atoms with van der Waals surface area (Å²) in [5.41, 5.74) is 4.79. The Morgan fingerprint density at radius 2 is 2.05 bits per heavy atom. The van der Waals surface area contributed by atoms with E-state index in [0.29, 0.717) is 5.92 Å². The number of nitrogens with zero attached hydrogens (tertiary/aromatic N) is 2. The highest BCUT2D eigenvalue weighted by Gasteiger charge is 2.14. The van der Waals surface area contributed by atoms with Crippen LogP contribution < -0.4 is 0 Å². The third-order valence-corrected chi connectivity index (χ3v) is 4.65. The molecule has 0 amide bonds. The zero-order valence-electron chi connectivity index (χ0n) is 13.2. The fourth-order valence-corrected chi connectivity index (χ4v) is 3.28. The molecule has 0 atom stereocenters. The van der Waals surface area contributed by atoms with E-state index < -0.39 is 0 Å². The van der Waals surface area contributed by atoms with Crippen molar-refractivity contribution in [3.63, 3.8) is 0 Å². The highest BCUT2D eigenvalue weighted by molar-refractivity contribution is 7.97. The summed E-state index contributed by atoms with van der Waals surface area (Å²) in [6.45, 7) is 6.41. The average Bonchev–Trinajstić information content (AvgIpc) is 2.74. The number of rotatable bonds is 5. The molecular formula is C16H22ClN3S. The molecule has 0 unspecified atom stereocenters. The lowest BCUT2D eigenvalue weighted by atomic mass is 9.98. The Labute approximate surface area is 136 Å². The lowest BCUT2D eigenvalue weighted by molar-refractivity contribution is 0.702. The number of hydrogen-bond acceptors (Lipinski definition) is 3. The lowest BCUT2D eigenvalue weighted by Crippen LogP contribution is -2.00. The zero-order valence-corrected chi connectivity index (χ0v) is 14.8. The molecule has 3 nitrogen and oxygen atoms in total. The largest absolute Gasteiger partial charge is 0.282 e. The minimum absolute atomic E-state index is 0.420. The molecule has 0 bridgehead atoms. The normalized spacial score (nSPS) is 11.6. The monoisotopic (exact) mass is 323 g/mol. The van der Waals surface area contributed by atoms with Crippen molar-refractivity contribution in [2.75, 3.05) is 14.1 Å². The van der Waals surface area contributed by atoms with Crippen LogP contribution in [0.2, 0.25) is 5.02 Å². The van der Waals surface area contributed by atoms with E-state index in [1.54, 1.807) is 11.9 Å². The van der Waals surface area contributed by atoms with E-state index in [4.69, 9.17) is 11.6 Å². The van der Waals surface area contributed by atoms with Crippen LogP contribution in [-0.4, -0.2) is 28.6 Å². The Balaban J connectivity index is 2.25. The smallest absolute Gasteiger partial charge is 0.0685 e. The van der Waals surface area contributed by atoms with Crippen LogP contribution in [0.5, 0.6) is 0 Å². The van der Waals surface area contributed by atoms with Crippen LogP contribution in [0, 0.1) is 6.92 Å². The molecule has 0 saturated heterocycles. The standard InChI is InChI=1S/C16H22ClN3S/c1-10(2)16-13(11(3)18-19-16)8-12-6-7-15(14(17)9-12)21-20(4)5/h6-7,9-10H,8H2,1-5H3,(H,18,19). The van der Waals surface area contributed by atoms with Crippen molar-refractivity contribution >= 4 is 23.5 Å². The molecule has 0 aliphatic heterocycles. The summed E-state index contributed by atoms with van der Waals surface area (Å²) >= 11 is 8.02. The molecule has 2 aromatic rings. The molecule has 0 spiro atoms. The summed E-state index contributed by atoms with van der Waals surface area (Å²) in [4.78, 5) is 1.08. The molecule has 1 heterocycles. The van der Waals surface area contributed by atoms with Crippen molar-refractivity contribution in [1.29, 1.82) is 0 Å². The summed E-state index contributed by atoms with van der Waals surface area (Å²) in [5.74, 6) is 0.420. The van der Waals surface area contributed by atoms with Crippen molar-refractivity contribution in [2.24, 2.45) is 0 Å². The van der Waals surface area contributed by atoms with Crippen LogP contribution >= 0.6 is 23.5 Å². The van der Waals surface area contributed by atoms with Gasteiger partial charge < -0.3 is 0 Å². The van der Waals surface area contributed by atoms with Crippen molar-refractivity contribution in [3.05, 3.63) is 45.7 Å². The summed E-state index contributed by atoms with van der Waals surface area (Å²) in [6.07, 6.45) is 0.864. The van der Waals surface area contributed by atoms with Gasteiger partial charge in [0, 0.05) is 22.6 Å². The average molecular weight is 324 g/mol. The maximum atomic E-state index is 6.38. The first-order valence-electron chi connectivity index (χ1n) is 7.06. The predicted octanol–water partition coefficient (Wildman–Crippen LogP) is 4.65. The quantitative estimate of drug-likeness (QED) is 0.812.